The summed E-state index contributed by atoms with van der Waals surface area (Å²) in [7, 11) is 0. The number of anilines is 1. The first-order chi connectivity index (χ1) is 9.41. The normalized spacial score (nSPS) is 15.1. The molecular weight excluding hydrogens is 261 g/mol. The summed E-state index contributed by atoms with van der Waals surface area (Å²) in [5.74, 6) is -0.808. The van der Waals surface area contributed by atoms with Crippen molar-refractivity contribution in [3.05, 3.63) is 29.1 Å². The van der Waals surface area contributed by atoms with Gasteiger partial charge in [0.05, 0.1) is 17.4 Å². The molecule has 0 fully saturated rings. The third kappa shape index (κ3) is 2.66. The number of carbonyl (C=O) groups excluding carboxylic acids is 2. The molecule has 0 N–H and O–H groups in total. The molecule has 5 heteroatoms. The molecular formula is C15H18FNO3. The molecule has 4 nitrogen and oxygen atoms in total. The van der Waals surface area contributed by atoms with Gasteiger partial charge in [-0.2, -0.15) is 0 Å². The van der Waals surface area contributed by atoms with Gasteiger partial charge in [-0.25, -0.2) is 9.18 Å². The second-order valence-corrected chi connectivity index (χ2v) is 5.20. The maximum absolute atomic E-state index is 14.2. The van der Waals surface area contributed by atoms with Gasteiger partial charge in [0.2, 0.25) is 0 Å². The predicted molar refractivity (Wildman–Crippen MR) is 73.7 cm³/mol. The fourth-order valence-corrected chi connectivity index (χ4v) is 2.26. The van der Waals surface area contributed by atoms with Crippen LogP contribution in [0.15, 0.2) is 12.1 Å². The average molecular weight is 279 g/mol. The summed E-state index contributed by atoms with van der Waals surface area (Å²) in [6.07, 6.45) is -0.0720. The van der Waals surface area contributed by atoms with E-state index >= 15 is 0 Å². The number of rotatable bonds is 1. The Balaban J connectivity index is 2.48. The number of hydrogen-bond donors (Lipinski definition) is 0. The molecule has 0 radical (unpaired) electrons. The van der Waals surface area contributed by atoms with Crippen LogP contribution in [0.4, 0.5) is 14.9 Å². The van der Waals surface area contributed by atoms with Crippen LogP contribution in [0.5, 0.6) is 0 Å². The summed E-state index contributed by atoms with van der Waals surface area (Å²) >= 11 is 0. The zero-order chi connectivity index (χ0) is 14.9. The van der Waals surface area contributed by atoms with Crippen molar-refractivity contribution < 1.29 is 18.7 Å². The maximum Gasteiger partial charge on any atom is 0.414 e. The minimum Gasteiger partial charge on any atom is -0.446 e. The molecule has 0 bridgehead atoms. The molecule has 0 aromatic heterocycles. The van der Waals surface area contributed by atoms with Gasteiger partial charge in [-0.15, -0.1) is 0 Å². The number of nitrogens with zero attached hydrogens (tertiary/aromatic N) is 1. The monoisotopic (exact) mass is 279 g/mol. The van der Waals surface area contributed by atoms with Crippen LogP contribution < -0.4 is 4.90 Å². The van der Waals surface area contributed by atoms with Crippen molar-refractivity contribution in [2.75, 3.05) is 11.4 Å². The molecule has 0 saturated carbocycles. The Hall–Kier alpha value is -1.91. The molecule has 1 amide bonds. The highest BCUT2D eigenvalue weighted by atomic mass is 19.1. The molecule has 20 heavy (non-hydrogen) atoms. The number of hydrogen-bond acceptors (Lipinski definition) is 3. The lowest BCUT2D eigenvalue weighted by Crippen LogP contribution is -2.34. The Morgan fingerprint density at radius 3 is 2.75 bits per heavy atom. The first-order valence-electron chi connectivity index (χ1n) is 6.72. The third-order valence-corrected chi connectivity index (χ3v) is 3.23. The highest BCUT2D eigenvalue weighted by Crippen LogP contribution is 2.30. The topological polar surface area (TPSA) is 46.6 Å². The highest BCUT2D eigenvalue weighted by Gasteiger charge is 2.29. The SMILES string of the molecule is Cc1ccc2c(c1F)C(=O)CCCN2C(=O)OC(C)C. The van der Waals surface area contributed by atoms with Crippen molar-refractivity contribution in [1.82, 2.24) is 0 Å². The van der Waals surface area contributed by atoms with Crippen molar-refractivity contribution in [1.29, 1.82) is 0 Å². The van der Waals surface area contributed by atoms with E-state index in [1.54, 1.807) is 32.9 Å². The van der Waals surface area contributed by atoms with Crippen molar-refractivity contribution >= 4 is 17.6 Å². The van der Waals surface area contributed by atoms with E-state index in [4.69, 9.17) is 4.74 Å². The molecule has 0 atom stereocenters. The number of fused-ring (bicyclic) bond motifs is 1. The Labute approximate surface area is 117 Å². The molecule has 1 aromatic carbocycles. The van der Waals surface area contributed by atoms with Gasteiger partial charge in [-0.05, 0) is 38.8 Å². The lowest BCUT2D eigenvalue weighted by atomic mass is 10.0. The zero-order valence-corrected chi connectivity index (χ0v) is 11.9. The highest BCUT2D eigenvalue weighted by molar-refractivity contribution is 6.06. The minimum absolute atomic E-state index is 0.00297. The van der Waals surface area contributed by atoms with E-state index < -0.39 is 11.9 Å². The van der Waals surface area contributed by atoms with Gasteiger partial charge in [0.25, 0.3) is 0 Å². The molecule has 0 saturated heterocycles. The number of aryl methyl sites for hydroxylation is 1. The van der Waals surface area contributed by atoms with Crippen LogP contribution in [0.25, 0.3) is 0 Å². The first kappa shape index (κ1) is 14.5. The van der Waals surface area contributed by atoms with Gasteiger partial charge < -0.3 is 4.74 Å². The fraction of sp³-hybridized carbons (Fsp3) is 0.467. The summed E-state index contributed by atoms with van der Waals surface area (Å²) in [6, 6.07) is 3.18. The van der Waals surface area contributed by atoms with Gasteiger partial charge in [0, 0.05) is 13.0 Å². The van der Waals surface area contributed by atoms with E-state index in [1.807, 2.05) is 0 Å². The lowest BCUT2D eigenvalue weighted by Gasteiger charge is -2.23. The Morgan fingerprint density at radius 2 is 2.10 bits per heavy atom. The minimum atomic E-state index is -0.545. The number of carbonyl (C=O) groups is 2. The van der Waals surface area contributed by atoms with Crippen molar-refractivity contribution in [2.45, 2.75) is 39.7 Å². The van der Waals surface area contributed by atoms with E-state index in [0.29, 0.717) is 24.2 Å². The zero-order valence-electron chi connectivity index (χ0n) is 11.9. The number of benzene rings is 1. The number of amides is 1. The number of Topliss-reactive ketones (excluding diaryl/α,β-unsaturated/α-hetero) is 1. The van der Waals surface area contributed by atoms with Crippen LogP contribution in [-0.2, 0) is 4.74 Å². The predicted octanol–water partition coefficient (Wildman–Crippen LogP) is 3.46. The molecule has 1 aromatic rings. The van der Waals surface area contributed by atoms with Gasteiger partial charge in [0.1, 0.15) is 5.82 Å². The maximum atomic E-state index is 14.2. The second-order valence-electron chi connectivity index (χ2n) is 5.20. The molecule has 0 unspecified atom stereocenters. The summed E-state index contributed by atoms with van der Waals surface area (Å²) in [6.45, 7) is 5.45. The number of halogens is 1. The van der Waals surface area contributed by atoms with Gasteiger partial charge in [-0.1, -0.05) is 6.07 Å². The Bertz CT molecular complexity index is 554. The summed E-state index contributed by atoms with van der Waals surface area (Å²) in [5.41, 5.74) is 0.709. The third-order valence-electron chi connectivity index (χ3n) is 3.23. The van der Waals surface area contributed by atoms with Crippen molar-refractivity contribution in [2.24, 2.45) is 0 Å². The van der Waals surface area contributed by atoms with Crippen molar-refractivity contribution in [3.63, 3.8) is 0 Å². The van der Waals surface area contributed by atoms with Crippen LogP contribution in [0.3, 0.4) is 0 Å². The molecule has 108 valence electrons. The second kappa shape index (κ2) is 5.61. The van der Waals surface area contributed by atoms with E-state index in [2.05, 4.69) is 0 Å². The lowest BCUT2D eigenvalue weighted by molar-refractivity contribution is 0.0979. The van der Waals surface area contributed by atoms with E-state index in [1.165, 1.54) is 4.90 Å². The van der Waals surface area contributed by atoms with Crippen LogP contribution in [-0.4, -0.2) is 24.5 Å². The largest absolute Gasteiger partial charge is 0.446 e. The quantitative estimate of drug-likeness (QED) is 0.791. The van der Waals surface area contributed by atoms with E-state index in [-0.39, 0.29) is 23.9 Å². The van der Waals surface area contributed by atoms with Crippen molar-refractivity contribution in [3.8, 4) is 0 Å². The van der Waals surface area contributed by atoms with Crippen LogP contribution in [0.1, 0.15) is 42.6 Å². The van der Waals surface area contributed by atoms with Crippen LogP contribution >= 0.6 is 0 Å². The van der Waals surface area contributed by atoms with Gasteiger partial charge >= 0.3 is 6.09 Å². The number of ether oxygens (including phenoxy) is 1. The number of ketones is 1. The molecule has 1 aliphatic heterocycles. The molecule has 2 rings (SSSR count). The fourth-order valence-electron chi connectivity index (χ4n) is 2.26. The van der Waals surface area contributed by atoms with Crippen LogP contribution in [0, 0.1) is 12.7 Å². The summed E-state index contributed by atoms with van der Waals surface area (Å²) in [4.78, 5) is 25.5. The van der Waals surface area contributed by atoms with Gasteiger partial charge in [0.15, 0.2) is 5.78 Å². The average Bonchev–Trinajstić information content (AvgIpc) is 2.53. The van der Waals surface area contributed by atoms with Crippen LogP contribution in [0.2, 0.25) is 0 Å². The summed E-state index contributed by atoms with van der Waals surface area (Å²) in [5, 5.41) is 0. The standard InChI is InChI=1S/C15H18FNO3/c1-9(2)20-15(19)17-8-4-5-12(18)13-11(17)7-6-10(3)14(13)16/h6-7,9H,4-5,8H2,1-3H3. The van der Waals surface area contributed by atoms with Gasteiger partial charge in [-0.3, -0.25) is 9.69 Å². The molecule has 0 aliphatic carbocycles. The molecule has 1 aliphatic rings. The smallest absolute Gasteiger partial charge is 0.414 e. The van der Waals surface area contributed by atoms with E-state index in [9.17, 15) is 14.0 Å². The molecule has 0 spiro atoms. The first-order valence-corrected chi connectivity index (χ1v) is 6.72. The Morgan fingerprint density at radius 1 is 1.40 bits per heavy atom. The molecule has 1 heterocycles. The summed E-state index contributed by atoms with van der Waals surface area (Å²) < 4.78 is 19.4. The Kier molecular flexibility index (Phi) is 4.06. The van der Waals surface area contributed by atoms with E-state index in [0.717, 1.165) is 0 Å².